The van der Waals surface area contributed by atoms with Crippen LogP contribution in [0.4, 0.5) is 0 Å². The molecule has 7 heteroatoms. The van der Waals surface area contributed by atoms with Gasteiger partial charge in [0.15, 0.2) is 0 Å². The smallest absolute Gasteiger partial charge is 0.374 e. The van der Waals surface area contributed by atoms with E-state index in [-0.39, 0.29) is 18.3 Å². The molecule has 0 bridgehead atoms. The van der Waals surface area contributed by atoms with E-state index in [9.17, 15) is 9.90 Å². The first kappa shape index (κ1) is 17.8. The highest BCUT2D eigenvalue weighted by molar-refractivity contribution is 6.31. The fourth-order valence-corrected chi connectivity index (χ4v) is 2.66. The number of carboxylic acids is 1. The Kier molecular flexibility index (Phi) is 5.43. The van der Waals surface area contributed by atoms with E-state index in [1.165, 1.54) is 0 Å². The molecule has 0 unspecified atom stereocenters. The van der Waals surface area contributed by atoms with Gasteiger partial charge in [0.1, 0.15) is 6.61 Å². The van der Waals surface area contributed by atoms with E-state index in [4.69, 9.17) is 16.3 Å². The summed E-state index contributed by atoms with van der Waals surface area (Å²) in [6.45, 7) is 1.95. The second kappa shape index (κ2) is 7.93. The van der Waals surface area contributed by atoms with Crippen LogP contribution in [0.15, 0.2) is 48.8 Å². The number of aryl methyl sites for hydroxylation is 1. The van der Waals surface area contributed by atoms with Gasteiger partial charge in [0.2, 0.25) is 11.7 Å². The number of hydrogen-bond acceptors (Lipinski definition) is 5. The Morgan fingerprint density at radius 1 is 1.19 bits per heavy atom. The average molecular weight is 370 g/mol. The van der Waals surface area contributed by atoms with Crippen molar-refractivity contribution in [3.63, 3.8) is 0 Å². The number of halogens is 1. The zero-order valence-corrected chi connectivity index (χ0v) is 14.8. The fraction of sp³-hybridized carbons (Fsp3) is 0.158. The Hall–Kier alpha value is -2.99. The summed E-state index contributed by atoms with van der Waals surface area (Å²) in [4.78, 5) is 23.5. The molecule has 3 aromatic rings. The van der Waals surface area contributed by atoms with Gasteiger partial charge in [0.25, 0.3) is 0 Å². The third-order valence-electron chi connectivity index (χ3n) is 3.79. The van der Waals surface area contributed by atoms with Gasteiger partial charge in [-0.05, 0) is 24.6 Å². The molecule has 0 fully saturated rings. The van der Waals surface area contributed by atoms with E-state index in [1.54, 1.807) is 31.5 Å². The second-order valence-electron chi connectivity index (χ2n) is 5.64. The summed E-state index contributed by atoms with van der Waals surface area (Å²) in [6, 6.07) is 11.1. The summed E-state index contributed by atoms with van der Waals surface area (Å²) in [5, 5.41) is 9.85. The van der Waals surface area contributed by atoms with Crippen LogP contribution >= 0.6 is 11.6 Å². The SMILES string of the molecule is Cc1nc(C(=O)O)nc(OCc2cccnc2)c1Cc1ccccc1Cl. The summed E-state index contributed by atoms with van der Waals surface area (Å²) in [5.74, 6) is -1.27. The number of pyridine rings is 1. The van der Waals surface area contributed by atoms with E-state index in [0.29, 0.717) is 22.7 Å². The minimum absolute atomic E-state index is 0.221. The maximum Gasteiger partial charge on any atom is 0.374 e. The minimum atomic E-state index is -1.20. The third-order valence-corrected chi connectivity index (χ3v) is 4.16. The molecule has 0 radical (unpaired) electrons. The van der Waals surface area contributed by atoms with Crippen molar-refractivity contribution in [2.24, 2.45) is 0 Å². The molecule has 26 heavy (non-hydrogen) atoms. The number of carbonyl (C=O) groups is 1. The number of aromatic carboxylic acids is 1. The number of rotatable bonds is 6. The third kappa shape index (κ3) is 4.15. The second-order valence-corrected chi connectivity index (χ2v) is 6.05. The summed E-state index contributed by atoms with van der Waals surface area (Å²) in [5.41, 5.74) is 2.98. The average Bonchev–Trinajstić information content (AvgIpc) is 2.64. The molecule has 0 aliphatic carbocycles. The number of ether oxygens (including phenoxy) is 1. The molecule has 0 aliphatic rings. The summed E-state index contributed by atoms with van der Waals surface area (Å²) in [7, 11) is 0. The van der Waals surface area contributed by atoms with Crippen molar-refractivity contribution in [3.8, 4) is 5.88 Å². The zero-order valence-electron chi connectivity index (χ0n) is 14.0. The zero-order chi connectivity index (χ0) is 18.5. The van der Waals surface area contributed by atoms with Gasteiger partial charge in [-0.3, -0.25) is 4.98 Å². The normalized spacial score (nSPS) is 10.5. The molecule has 132 valence electrons. The lowest BCUT2D eigenvalue weighted by molar-refractivity contribution is 0.0681. The molecule has 1 aromatic carbocycles. The molecule has 0 atom stereocenters. The van der Waals surface area contributed by atoms with Gasteiger partial charge in [-0.2, -0.15) is 4.98 Å². The van der Waals surface area contributed by atoms with Crippen LogP contribution < -0.4 is 4.74 Å². The van der Waals surface area contributed by atoms with Crippen molar-refractivity contribution >= 4 is 17.6 Å². The van der Waals surface area contributed by atoms with E-state index in [1.807, 2.05) is 24.3 Å². The maximum absolute atomic E-state index is 11.3. The largest absolute Gasteiger partial charge is 0.475 e. The summed E-state index contributed by atoms with van der Waals surface area (Å²) in [6.07, 6.45) is 3.79. The van der Waals surface area contributed by atoms with Crippen LogP contribution in [0.3, 0.4) is 0 Å². The summed E-state index contributed by atoms with van der Waals surface area (Å²) >= 11 is 6.25. The van der Waals surface area contributed by atoms with Crippen molar-refractivity contribution in [2.75, 3.05) is 0 Å². The molecule has 3 rings (SSSR count). The Bertz CT molecular complexity index is 933. The standard InChI is InChI=1S/C19H16ClN3O3/c1-12-15(9-14-6-2-3-7-16(14)20)18(23-17(22-12)19(24)25)26-11-13-5-4-8-21-10-13/h2-8,10H,9,11H2,1H3,(H,24,25). The van der Waals surface area contributed by atoms with Gasteiger partial charge in [-0.15, -0.1) is 0 Å². The molecule has 0 aliphatic heterocycles. The predicted octanol–water partition coefficient (Wildman–Crippen LogP) is 3.70. The van der Waals surface area contributed by atoms with Crippen LogP contribution in [0, 0.1) is 6.92 Å². The van der Waals surface area contributed by atoms with Crippen molar-refractivity contribution in [3.05, 3.63) is 82.0 Å². The number of benzene rings is 1. The van der Waals surface area contributed by atoms with Crippen molar-refractivity contribution in [1.82, 2.24) is 15.0 Å². The van der Waals surface area contributed by atoms with Crippen LogP contribution in [-0.2, 0) is 13.0 Å². The summed E-state index contributed by atoms with van der Waals surface area (Å²) < 4.78 is 5.81. The maximum atomic E-state index is 11.3. The van der Waals surface area contributed by atoms with Crippen LogP contribution in [0.25, 0.3) is 0 Å². The van der Waals surface area contributed by atoms with Crippen LogP contribution in [0.2, 0.25) is 5.02 Å². The highest BCUT2D eigenvalue weighted by Crippen LogP contribution is 2.26. The van der Waals surface area contributed by atoms with E-state index in [0.717, 1.165) is 11.1 Å². The van der Waals surface area contributed by atoms with Gasteiger partial charge < -0.3 is 9.84 Å². The monoisotopic (exact) mass is 369 g/mol. The van der Waals surface area contributed by atoms with Crippen LogP contribution in [-0.4, -0.2) is 26.0 Å². The number of nitrogens with zero attached hydrogens (tertiary/aromatic N) is 3. The van der Waals surface area contributed by atoms with Gasteiger partial charge >= 0.3 is 5.97 Å². The number of aromatic nitrogens is 3. The first-order valence-electron chi connectivity index (χ1n) is 7.90. The Labute approximate surface area is 155 Å². The Balaban J connectivity index is 1.96. The van der Waals surface area contributed by atoms with E-state index >= 15 is 0 Å². The van der Waals surface area contributed by atoms with Gasteiger partial charge in [-0.25, -0.2) is 9.78 Å². The van der Waals surface area contributed by atoms with Gasteiger partial charge in [0.05, 0.1) is 0 Å². The molecular formula is C19H16ClN3O3. The molecule has 0 amide bonds. The van der Waals surface area contributed by atoms with E-state index < -0.39 is 5.97 Å². The number of carboxylic acid groups (broad SMARTS) is 1. The molecule has 0 saturated heterocycles. The van der Waals surface area contributed by atoms with Crippen LogP contribution in [0.1, 0.15) is 33.0 Å². The Morgan fingerprint density at radius 3 is 2.69 bits per heavy atom. The molecule has 2 aromatic heterocycles. The molecule has 0 saturated carbocycles. The highest BCUT2D eigenvalue weighted by atomic mass is 35.5. The quantitative estimate of drug-likeness (QED) is 0.713. The Morgan fingerprint density at radius 2 is 2.00 bits per heavy atom. The molecule has 2 heterocycles. The van der Waals surface area contributed by atoms with Gasteiger partial charge in [0, 0.05) is 40.7 Å². The fourth-order valence-electron chi connectivity index (χ4n) is 2.46. The highest BCUT2D eigenvalue weighted by Gasteiger charge is 2.18. The molecule has 6 nitrogen and oxygen atoms in total. The lowest BCUT2D eigenvalue weighted by atomic mass is 10.0. The molecular weight excluding hydrogens is 354 g/mol. The number of hydrogen-bond donors (Lipinski definition) is 1. The predicted molar refractivity (Wildman–Crippen MR) is 96.6 cm³/mol. The van der Waals surface area contributed by atoms with Gasteiger partial charge in [-0.1, -0.05) is 35.9 Å². The lowest BCUT2D eigenvalue weighted by Crippen LogP contribution is -2.12. The van der Waals surface area contributed by atoms with Crippen LogP contribution in [0.5, 0.6) is 5.88 Å². The van der Waals surface area contributed by atoms with Crippen molar-refractivity contribution < 1.29 is 14.6 Å². The molecule has 1 N–H and O–H groups in total. The first-order valence-corrected chi connectivity index (χ1v) is 8.28. The molecule has 0 spiro atoms. The van der Waals surface area contributed by atoms with Crippen molar-refractivity contribution in [2.45, 2.75) is 20.0 Å². The van der Waals surface area contributed by atoms with Crippen molar-refractivity contribution in [1.29, 1.82) is 0 Å². The topological polar surface area (TPSA) is 85.2 Å². The first-order chi connectivity index (χ1) is 12.5. The minimum Gasteiger partial charge on any atom is -0.475 e. The van der Waals surface area contributed by atoms with E-state index in [2.05, 4.69) is 15.0 Å². The lowest BCUT2D eigenvalue weighted by Gasteiger charge is -2.14.